The molecular weight excluding hydrogens is 392 g/mol. The third-order valence-electron chi connectivity index (χ3n) is 4.99. The van der Waals surface area contributed by atoms with E-state index in [1.165, 1.54) is 0 Å². The molecule has 28 heavy (non-hydrogen) atoms. The second kappa shape index (κ2) is 9.09. The van der Waals surface area contributed by atoms with E-state index in [2.05, 4.69) is 0 Å². The molecule has 0 N–H and O–H groups in total. The fourth-order valence-corrected chi connectivity index (χ4v) is 4.70. The molecule has 2 saturated heterocycles. The van der Waals surface area contributed by atoms with Crippen LogP contribution in [0.2, 0.25) is 0 Å². The molecule has 2 fully saturated rings. The van der Waals surface area contributed by atoms with Crippen molar-refractivity contribution in [3.8, 4) is 0 Å². The number of carbonyl (C=O) groups is 2. The minimum Gasteiger partial charge on any atom is -0.616 e. The van der Waals surface area contributed by atoms with Crippen molar-refractivity contribution in [1.29, 1.82) is 0 Å². The molecule has 0 unspecified atom stereocenters. The topological polar surface area (TPSA) is 78.9 Å². The monoisotopic (exact) mass is 415 g/mol. The molecule has 6 nitrogen and oxygen atoms in total. The van der Waals surface area contributed by atoms with Crippen LogP contribution in [0.4, 0.5) is 19.3 Å². The van der Waals surface area contributed by atoms with Gasteiger partial charge >= 0.3 is 12.1 Å². The van der Waals surface area contributed by atoms with Gasteiger partial charge in [-0.05, 0) is 37.3 Å². The van der Waals surface area contributed by atoms with Gasteiger partial charge in [-0.15, -0.1) is 0 Å². The highest BCUT2D eigenvalue weighted by atomic mass is 32.2. The first-order valence-corrected chi connectivity index (χ1v) is 10.9. The van der Waals surface area contributed by atoms with Gasteiger partial charge < -0.3 is 14.0 Å². The van der Waals surface area contributed by atoms with Crippen molar-refractivity contribution < 1.29 is 32.4 Å². The molecule has 0 bridgehead atoms. The first kappa shape index (κ1) is 20.9. The van der Waals surface area contributed by atoms with Crippen molar-refractivity contribution >= 4 is 28.9 Å². The standard InChI is InChI=1S/C19H23F2NO5S/c1-2-3-6-26-18(23)16-11-22(19(24)27-16)13-9-14(20)17(15(21)10-13)12-4-7-28(25)8-5-12/h9-10,12,16H,2-8,11H2,1H3/t12-,16-,28-/m1/s1. The van der Waals surface area contributed by atoms with E-state index in [4.69, 9.17) is 9.47 Å². The zero-order chi connectivity index (χ0) is 20.3. The minimum absolute atomic E-state index is 0.00741. The van der Waals surface area contributed by atoms with Gasteiger partial charge in [0.2, 0.25) is 6.10 Å². The lowest BCUT2D eigenvalue weighted by Gasteiger charge is -2.25. The third kappa shape index (κ3) is 4.57. The highest BCUT2D eigenvalue weighted by molar-refractivity contribution is 7.91. The number of carbonyl (C=O) groups excluding carboxylic acids is 2. The van der Waals surface area contributed by atoms with E-state index >= 15 is 0 Å². The maximum absolute atomic E-state index is 14.6. The number of hydrogen-bond acceptors (Lipinski definition) is 5. The van der Waals surface area contributed by atoms with Crippen LogP contribution in [0.15, 0.2) is 12.1 Å². The average Bonchev–Trinajstić information content (AvgIpc) is 3.04. The SMILES string of the molecule is CCCCOC(=O)[C@H]1CN(c2cc(F)c([C@H]3CC[S@+]([O-])CC3)c(F)c2)C(=O)O1. The molecule has 0 radical (unpaired) electrons. The molecule has 1 atom stereocenters. The van der Waals surface area contributed by atoms with Crippen LogP contribution in [-0.4, -0.2) is 47.4 Å². The van der Waals surface area contributed by atoms with E-state index in [9.17, 15) is 22.9 Å². The minimum atomic E-state index is -1.12. The van der Waals surface area contributed by atoms with Crippen molar-refractivity contribution in [2.24, 2.45) is 0 Å². The van der Waals surface area contributed by atoms with Crippen LogP contribution in [0.3, 0.4) is 0 Å². The molecule has 2 aliphatic heterocycles. The Morgan fingerprint density at radius 3 is 2.57 bits per heavy atom. The second-order valence-corrected chi connectivity index (χ2v) is 8.65. The maximum Gasteiger partial charge on any atom is 0.415 e. The molecule has 2 aliphatic rings. The fraction of sp³-hybridized carbons (Fsp3) is 0.579. The molecule has 1 aromatic carbocycles. The van der Waals surface area contributed by atoms with Crippen molar-refractivity contribution in [2.45, 2.75) is 44.6 Å². The lowest BCUT2D eigenvalue weighted by Crippen LogP contribution is -2.29. The summed E-state index contributed by atoms with van der Waals surface area (Å²) in [5.74, 6) is -1.67. The Bertz CT molecular complexity index is 716. The number of anilines is 1. The normalized spacial score (nSPS) is 24.9. The lowest BCUT2D eigenvalue weighted by atomic mass is 9.92. The Labute approximate surface area is 165 Å². The van der Waals surface area contributed by atoms with E-state index in [-0.39, 0.29) is 30.3 Å². The molecule has 2 heterocycles. The summed E-state index contributed by atoms with van der Waals surface area (Å²) in [5.41, 5.74) is -0.0458. The summed E-state index contributed by atoms with van der Waals surface area (Å²) in [5, 5.41) is 0. The van der Waals surface area contributed by atoms with Crippen molar-refractivity contribution in [2.75, 3.05) is 29.6 Å². The van der Waals surface area contributed by atoms with Gasteiger partial charge in [0.1, 0.15) is 23.1 Å². The predicted molar refractivity (Wildman–Crippen MR) is 99.7 cm³/mol. The van der Waals surface area contributed by atoms with Gasteiger partial charge in [-0.2, -0.15) is 0 Å². The summed E-state index contributed by atoms with van der Waals surface area (Å²) in [6.07, 6.45) is 0.489. The summed E-state index contributed by atoms with van der Waals surface area (Å²) in [4.78, 5) is 25.1. The number of cyclic esters (lactones) is 1. The Morgan fingerprint density at radius 1 is 1.32 bits per heavy atom. The lowest BCUT2D eigenvalue weighted by molar-refractivity contribution is -0.151. The van der Waals surface area contributed by atoms with Crippen LogP contribution in [0.5, 0.6) is 0 Å². The van der Waals surface area contributed by atoms with Gasteiger partial charge in [0.25, 0.3) is 0 Å². The Hall–Kier alpha value is -1.87. The Balaban J connectivity index is 1.72. The molecule has 0 spiro atoms. The smallest absolute Gasteiger partial charge is 0.415 e. The number of amides is 1. The number of benzene rings is 1. The number of nitrogens with zero attached hydrogens (tertiary/aromatic N) is 1. The highest BCUT2D eigenvalue weighted by Gasteiger charge is 2.39. The van der Waals surface area contributed by atoms with Crippen LogP contribution >= 0.6 is 0 Å². The molecule has 3 rings (SSSR count). The van der Waals surface area contributed by atoms with Crippen LogP contribution in [-0.2, 0) is 25.4 Å². The van der Waals surface area contributed by atoms with Gasteiger partial charge in [0.05, 0.1) is 18.8 Å². The quantitative estimate of drug-likeness (QED) is 0.405. The van der Waals surface area contributed by atoms with E-state index in [0.717, 1.165) is 23.5 Å². The zero-order valence-corrected chi connectivity index (χ0v) is 16.4. The number of halogens is 2. The summed E-state index contributed by atoms with van der Waals surface area (Å²) in [7, 11) is 0. The van der Waals surface area contributed by atoms with Crippen LogP contribution in [0, 0.1) is 11.6 Å². The molecule has 9 heteroatoms. The van der Waals surface area contributed by atoms with Crippen LogP contribution in [0.1, 0.15) is 44.1 Å². The molecule has 1 aromatic rings. The van der Waals surface area contributed by atoms with E-state index < -0.39 is 41.0 Å². The Morgan fingerprint density at radius 2 is 1.96 bits per heavy atom. The van der Waals surface area contributed by atoms with E-state index in [0.29, 0.717) is 30.8 Å². The zero-order valence-electron chi connectivity index (χ0n) is 15.6. The van der Waals surface area contributed by atoms with Crippen molar-refractivity contribution in [3.05, 3.63) is 29.3 Å². The predicted octanol–water partition coefficient (Wildman–Crippen LogP) is 3.26. The molecule has 154 valence electrons. The maximum atomic E-state index is 14.6. The summed E-state index contributed by atoms with van der Waals surface area (Å²) in [6, 6.07) is 2.16. The fourth-order valence-electron chi connectivity index (χ4n) is 3.41. The van der Waals surface area contributed by atoms with E-state index in [1.807, 2.05) is 6.92 Å². The number of esters is 1. The Kier molecular flexibility index (Phi) is 6.77. The van der Waals surface area contributed by atoms with Crippen molar-refractivity contribution in [1.82, 2.24) is 0 Å². The van der Waals surface area contributed by atoms with Gasteiger partial charge in [0, 0.05) is 5.56 Å². The van der Waals surface area contributed by atoms with Crippen molar-refractivity contribution in [3.63, 3.8) is 0 Å². The number of ether oxygens (including phenoxy) is 2. The summed E-state index contributed by atoms with van der Waals surface area (Å²) < 4.78 is 50.8. The number of unbranched alkanes of at least 4 members (excludes halogenated alkanes) is 1. The summed E-state index contributed by atoms with van der Waals surface area (Å²) in [6.45, 7) is 2.02. The molecular formula is C19H23F2NO5S. The van der Waals surface area contributed by atoms with Gasteiger partial charge in [0.15, 0.2) is 0 Å². The van der Waals surface area contributed by atoms with E-state index in [1.54, 1.807) is 0 Å². The molecule has 0 saturated carbocycles. The third-order valence-corrected chi connectivity index (χ3v) is 6.37. The molecule has 0 aliphatic carbocycles. The van der Waals surface area contributed by atoms with Crippen LogP contribution < -0.4 is 4.90 Å². The van der Waals surface area contributed by atoms with Gasteiger partial charge in [-0.3, -0.25) is 4.90 Å². The first-order chi connectivity index (χ1) is 13.4. The highest BCUT2D eigenvalue weighted by Crippen LogP contribution is 2.35. The van der Waals surface area contributed by atoms with Crippen LogP contribution in [0.25, 0.3) is 0 Å². The number of rotatable bonds is 6. The average molecular weight is 415 g/mol. The molecule has 0 aromatic heterocycles. The molecule has 1 amide bonds. The largest absolute Gasteiger partial charge is 0.616 e. The van der Waals surface area contributed by atoms with Gasteiger partial charge in [-0.1, -0.05) is 24.5 Å². The summed E-state index contributed by atoms with van der Waals surface area (Å²) >= 11 is -0.929. The number of hydrogen-bond donors (Lipinski definition) is 0. The van der Waals surface area contributed by atoms with Gasteiger partial charge in [-0.25, -0.2) is 18.4 Å². The first-order valence-electron chi connectivity index (χ1n) is 9.39. The second-order valence-electron chi connectivity index (χ2n) is 6.95.